The first-order valence-corrected chi connectivity index (χ1v) is 6.09. The van der Waals surface area contributed by atoms with Crippen LogP contribution >= 0.6 is 0 Å². The summed E-state index contributed by atoms with van der Waals surface area (Å²) in [4.78, 5) is 0. The van der Waals surface area contributed by atoms with Crippen LogP contribution in [0.2, 0.25) is 0 Å². The second-order valence-electron chi connectivity index (χ2n) is 4.54. The summed E-state index contributed by atoms with van der Waals surface area (Å²) in [6.45, 7) is 1.82. The van der Waals surface area contributed by atoms with Gasteiger partial charge in [-0.05, 0) is 42.8 Å². The van der Waals surface area contributed by atoms with Crippen LogP contribution in [0, 0.1) is 11.6 Å². The molecule has 1 unspecified atom stereocenters. The van der Waals surface area contributed by atoms with Gasteiger partial charge >= 0.3 is 0 Å². The third-order valence-electron chi connectivity index (χ3n) is 3.36. The Bertz CT molecular complexity index is 563. The third-order valence-corrected chi connectivity index (χ3v) is 3.36. The molecule has 0 aliphatic carbocycles. The van der Waals surface area contributed by atoms with Crippen LogP contribution in [0.3, 0.4) is 0 Å². The van der Waals surface area contributed by atoms with E-state index >= 15 is 0 Å². The minimum atomic E-state index is -0.803. The largest absolute Gasteiger partial charge is 0.350 e. The quantitative estimate of drug-likeness (QED) is 0.821. The molecule has 1 aliphatic heterocycles. The summed E-state index contributed by atoms with van der Waals surface area (Å²) in [5.74, 6) is -1.60. The standard InChI is InChI=1S/C14H14F2N2/c15-11-5-4-10(9-12(11)16)14-13-3-1-7-18(13)8-2-6-17-14/h1,3-5,7,9,14,17H,2,6,8H2. The van der Waals surface area contributed by atoms with Crippen LogP contribution in [0.1, 0.15) is 23.7 Å². The van der Waals surface area contributed by atoms with Gasteiger partial charge in [-0.1, -0.05) is 6.07 Å². The summed E-state index contributed by atoms with van der Waals surface area (Å²) < 4.78 is 28.5. The number of hydrogen-bond acceptors (Lipinski definition) is 1. The van der Waals surface area contributed by atoms with Crippen molar-refractivity contribution >= 4 is 0 Å². The van der Waals surface area contributed by atoms with Crippen molar-refractivity contribution in [2.24, 2.45) is 0 Å². The summed E-state index contributed by atoms with van der Waals surface area (Å²) in [6.07, 6.45) is 3.05. The average Bonchev–Trinajstić information content (AvgIpc) is 2.73. The van der Waals surface area contributed by atoms with Crippen molar-refractivity contribution in [3.63, 3.8) is 0 Å². The molecule has 0 fully saturated rings. The number of fused-ring (bicyclic) bond motifs is 1. The Morgan fingerprint density at radius 1 is 1.17 bits per heavy atom. The van der Waals surface area contributed by atoms with Gasteiger partial charge in [-0.25, -0.2) is 8.78 Å². The minimum Gasteiger partial charge on any atom is -0.350 e. The van der Waals surface area contributed by atoms with Gasteiger partial charge in [0, 0.05) is 18.4 Å². The van der Waals surface area contributed by atoms with Crippen LogP contribution in [0.4, 0.5) is 8.78 Å². The van der Waals surface area contributed by atoms with Crippen LogP contribution in [0.15, 0.2) is 36.5 Å². The molecule has 1 N–H and O–H groups in total. The Balaban J connectivity index is 2.03. The fraction of sp³-hybridized carbons (Fsp3) is 0.286. The summed E-state index contributed by atoms with van der Waals surface area (Å²) in [6, 6.07) is 8.02. The van der Waals surface area contributed by atoms with Crippen molar-refractivity contribution in [1.82, 2.24) is 9.88 Å². The van der Waals surface area contributed by atoms with Crippen LogP contribution in [0.25, 0.3) is 0 Å². The fourth-order valence-electron chi connectivity index (χ4n) is 2.47. The molecule has 1 atom stereocenters. The van der Waals surface area contributed by atoms with Crippen LogP contribution < -0.4 is 5.32 Å². The molecule has 0 radical (unpaired) electrons. The number of hydrogen-bond donors (Lipinski definition) is 1. The molecule has 2 heterocycles. The lowest BCUT2D eigenvalue weighted by Gasteiger charge is -2.18. The number of benzene rings is 1. The number of aromatic nitrogens is 1. The lowest BCUT2D eigenvalue weighted by Crippen LogP contribution is -2.22. The maximum Gasteiger partial charge on any atom is 0.159 e. The molecule has 0 amide bonds. The molecule has 1 aliphatic rings. The van der Waals surface area contributed by atoms with E-state index in [-0.39, 0.29) is 6.04 Å². The monoisotopic (exact) mass is 248 g/mol. The molecule has 2 nitrogen and oxygen atoms in total. The molecule has 18 heavy (non-hydrogen) atoms. The van der Waals surface area contributed by atoms with Crippen LogP contribution in [0.5, 0.6) is 0 Å². The Morgan fingerprint density at radius 2 is 2.06 bits per heavy atom. The molecule has 3 rings (SSSR count). The normalized spacial score (nSPS) is 19.3. The Labute approximate surface area is 104 Å². The summed E-state index contributed by atoms with van der Waals surface area (Å²) in [5, 5.41) is 3.38. The Hall–Kier alpha value is -1.68. The van der Waals surface area contributed by atoms with Crippen molar-refractivity contribution in [3.8, 4) is 0 Å². The highest BCUT2D eigenvalue weighted by atomic mass is 19.2. The molecular formula is C14H14F2N2. The smallest absolute Gasteiger partial charge is 0.159 e. The molecule has 0 saturated heterocycles. The first-order valence-electron chi connectivity index (χ1n) is 6.09. The highest BCUT2D eigenvalue weighted by Gasteiger charge is 2.20. The molecule has 1 aromatic heterocycles. The van der Waals surface area contributed by atoms with Crippen molar-refractivity contribution in [2.75, 3.05) is 6.54 Å². The lowest BCUT2D eigenvalue weighted by atomic mass is 10.0. The molecule has 1 aromatic carbocycles. The zero-order valence-corrected chi connectivity index (χ0v) is 9.87. The summed E-state index contributed by atoms with van der Waals surface area (Å²) in [5.41, 5.74) is 1.86. The van der Waals surface area contributed by atoms with Crippen LogP contribution in [-0.4, -0.2) is 11.1 Å². The second kappa shape index (κ2) is 4.53. The highest BCUT2D eigenvalue weighted by Crippen LogP contribution is 2.26. The van der Waals surface area contributed by atoms with Crippen LogP contribution in [-0.2, 0) is 6.54 Å². The second-order valence-corrected chi connectivity index (χ2v) is 4.54. The van der Waals surface area contributed by atoms with Gasteiger partial charge in [0.25, 0.3) is 0 Å². The van der Waals surface area contributed by atoms with Gasteiger partial charge in [-0.15, -0.1) is 0 Å². The van der Waals surface area contributed by atoms with E-state index in [1.807, 2.05) is 18.3 Å². The number of nitrogens with zero attached hydrogens (tertiary/aromatic N) is 1. The topological polar surface area (TPSA) is 17.0 Å². The molecule has 0 bridgehead atoms. The summed E-state index contributed by atoms with van der Waals surface area (Å²) >= 11 is 0. The van der Waals surface area contributed by atoms with Gasteiger partial charge in [0.05, 0.1) is 6.04 Å². The molecule has 4 heteroatoms. The molecule has 94 valence electrons. The van der Waals surface area contributed by atoms with E-state index in [9.17, 15) is 8.78 Å². The maximum atomic E-state index is 13.3. The van der Waals surface area contributed by atoms with Crippen molar-refractivity contribution < 1.29 is 8.78 Å². The first kappa shape index (κ1) is 11.4. The van der Waals surface area contributed by atoms with Gasteiger partial charge in [-0.3, -0.25) is 0 Å². The van der Waals surface area contributed by atoms with E-state index in [4.69, 9.17) is 0 Å². The predicted molar refractivity (Wildman–Crippen MR) is 65.3 cm³/mol. The maximum absolute atomic E-state index is 13.3. The van der Waals surface area contributed by atoms with Crippen molar-refractivity contribution in [2.45, 2.75) is 19.0 Å². The van der Waals surface area contributed by atoms with Gasteiger partial charge in [0.15, 0.2) is 11.6 Å². The lowest BCUT2D eigenvalue weighted by molar-refractivity contribution is 0.503. The number of rotatable bonds is 1. The van der Waals surface area contributed by atoms with Crippen molar-refractivity contribution in [3.05, 3.63) is 59.4 Å². The van der Waals surface area contributed by atoms with E-state index in [0.29, 0.717) is 0 Å². The number of nitrogens with one attached hydrogen (secondary N) is 1. The van der Waals surface area contributed by atoms with E-state index < -0.39 is 11.6 Å². The van der Waals surface area contributed by atoms with Gasteiger partial charge < -0.3 is 9.88 Å². The molecule has 2 aromatic rings. The zero-order valence-electron chi connectivity index (χ0n) is 9.87. The van der Waals surface area contributed by atoms with Gasteiger partial charge in [0.2, 0.25) is 0 Å². The number of aryl methyl sites for hydroxylation is 1. The first-order chi connectivity index (χ1) is 8.75. The SMILES string of the molecule is Fc1ccc(C2NCCCn3cccc32)cc1F. The average molecular weight is 248 g/mol. The minimum absolute atomic E-state index is 0.0717. The van der Waals surface area contributed by atoms with E-state index in [0.717, 1.165) is 30.8 Å². The molecule has 0 saturated carbocycles. The predicted octanol–water partition coefficient (Wildman–Crippen LogP) is 2.85. The Morgan fingerprint density at radius 3 is 2.89 bits per heavy atom. The Kier molecular flexibility index (Phi) is 2.88. The summed E-state index contributed by atoms with van der Waals surface area (Å²) in [7, 11) is 0. The highest BCUT2D eigenvalue weighted by molar-refractivity contribution is 5.30. The molecular weight excluding hydrogens is 234 g/mol. The van der Waals surface area contributed by atoms with E-state index in [1.54, 1.807) is 6.07 Å². The zero-order chi connectivity index (χ0) is 12.5. The van der Waals surface area contributed by atoms with E-state index in [2.05, 4.69) is 9.88 Å². The third kappa shape index (κ3) is 1.93. The molecule has 0 spiro atoms. The van der Waals surface area contributed by atoms with Gasteiger partial charge in [-0.2, -0.15) is 0 Å². The fourth-order valence-corrected chi connectivity index (χ4v) is 2.47. The van der Waals surface area contributed by atoms with E-state index in [1.165, 1.54) is 12.1 Å². The van der Waals surface area contributed by atoms with Crippen molar-refractivity contribution in [1.29, 1.82) is 0 Å². The number of halogens is 2. The van der Waals surface area contributed by atoms with Gasteiger partial charge in [0.1, 0.15) is 0 Å².